The van der Waals surface area contributed by atoms with Crippen LogP contribution in [0.5, 0.6) is 0 Å². The minimum atomic E-state index is -0.662. The van der Waals surface area contributed by atoms with Gasteiger partial charge in [0.15, 0.2) is 0 Å². The first-order valence-corrected chi connectivity index (χ1v) is 3.53. The molecule has 0 aliphatic carbocycles. The van der Waals surface area contributed by atoms with Crippen molar-refractivity contribution in [1.29, 1.82) is 0 Å². The highest BCUT2D eigenvalue weighted by atomic mass is 19.1. The minimum absolute atomic E-state index is 0.148. The average molecular weight is 170 g/mol. The molecule has 0 atom stereocenters. The topological polar surface area (TPSA) is 17.1 Å². The summed E-state index contributed by atoms with van der Waals surface area (Å²) in [6.45, 7) is 1.30. The van der Waals surface area contributed by atoms with Gasteiger partial charge in [-0.1, -0.05) is 6.07 Å². The number of Topliss-reactive ketones (excluding diaryl/α,β-unsaturated/α-hetero) is 1. The van der Waals surface area contributed by atoms with Gasteiger partial charge in [0, 0.05) is 12.0 Å². The van der Waals surface area contributed by atoms with E-state index < -0.39 is 11.6 Å². The van der Waals surface area contributed by atoms with E-state index >= 15 is 0 Å². The number of hydrogen-bond acceptors (Lipinski definition) is 1. The van der Waals surface area contributed by atoms with Gasteiger partial charge in [0.2, 0.25) is 0 Å². The third kappa shape index (κ3) is 1.87. The monoisotopic (exact) mass is 170 g/mol. The van der Waals surface area contributed by atoms with Gasteiger partial charge in [-0.05, 0) is 19.1 Å². The van der Waals surface area contributed by atoms with Crippen molar-refractivity contribution in [3.63, 3.8) is 0 Å². The van der Waals surface area contributed by atoms with Crippen molar-refractivity contribution in [3.05, 3.63) is 35.4 Å². The molecule has 1 nitrogen and oxygen atoms in total. The van der Waals surface area contributed by atoms with Gasteiger partial charge in [0.05, 0.1) is 0 Å². The normalized spacial score (nSPS) is 9.92. The molecule has 1 aromatic rings. The number of carbonyl (C=O) groups is 1. The van der Waals surface area contributed by atoms with Crippen LogP contribution < -0.4 is 0 Å². The molecule has 0 heterocycles. The zero-order valence-corrected chi connectivity index (χ0v) is 6.60. The Balaban J connectivity index is 3.04. The summed E-state index contributed by atoms with van der Waals surface area (Å²) in [6, 6.07) is 3.55. The van der Waals surface area contributed by atoms with E-state index in [2.05, 4.69) is 0 Å². The Morgan fingerprint density at radius 3 is 2.25 bits per heavy atom. The molecule has 0 bridgehead atoms. The molecule has 0 N–H and O–H groups in total. The zero-order chi connectivity index (χ0) is 9.14. The van der Waals surface area contributed by atoms with Gasteiger partial charge < -0.3 is 0 Å². The maximum Gasteiger partial charge on any atom is 0.134 e. The molecule has 64 valence electrons. The summed E-state index contributed by atoms with van der Waals surface area (Å²) in [4.78, 5) is 10.6. The van der Waals surface area contributed by atoms with Crippen LogP contribution in [0, 0.1) is 11.6 Å². The highest BCUT2D eigenvalue weighted by Gasteiger charge is 2.09. The predicted octanol–water partition coefficient (Wildman–Crippen LogP) is 2.10. The van der Waals surface area contributed by atoms with Crippen molar-refractivity contribution >= 4 is 5.78 Å². The smallest absolute Gasteiger partial charge is 0.134 e. The van der Waals surface area contributed by atoms with Gasteiger partial charge in [-0.25, -0.2) is 8.78 Å². The van der Waals surface area contributed by atoms with Crippen molar-refractivity contribution in [2.75, 3.05) is 0 Å². The van der Waals surface area contributed by atoms with Crippen molar-refractivity contribution < 1.29 is 13.6 Å². The lowest BCUT2D eigenvalue weighted by Crippen LogP contribution is -2.02. The summed E-state index contributed by atoms with van der Waals surface area (Å²) in [5.74, 6) is -1.57. The van der Waals surface area contributed by atoms with E-state index in [1.165, 1.54) is 13.0 Å². The molecule has 0 aliphatic rings. The van der Waals surface area contributed by atoms with Gasteiger partial charge >= 0.3 is 0 Å². The number of hydrogen-bond donors (Lipinski definition) is 0. The lowest BCUT2D eigenvalue weighted by atomic mass is 10.1. The van der Waals surface area contributed by atoms with E-state index in [0.717, 1.165) is 12.1 Å². The predicted molar refractivity (Wildman–Crippen MR) is 40.7 cm³/mol. The molecule has 1 rings (SSSR count). The first kappa shape index (κ1) is 8.84. The lowest BCUT2D eigenvalue weighted by molar-refractivity contribution is -0.116. The number of ketones is 1. The summed E-state index contributed by atoms with van der Waals surface area (Å²) in [5.41, 5.74) is -0.148. The van der Waals surface area contributed by atoms with Gasteiger partial charge in [-0.15, -0.1) is 0 Å². The number of carbonyl (C=O) groups excluding carboxylic acids is 1. The van der Waals surface area contributed by atoms with Crippen molar-refractivity contribution in [2.45, 2.75) is 13.3 Å². The third-order valence-corrected chi connectivity index (χ3v) is 1.49. The van der Waals surface area contributed by atoms with Crippen LogP contribution >= 0.6 is 0 Å². The second kappa shape index (κ2) is 3.43. The Morgan fingerprint density at radius 1 is 1.33 bits per heavy atom. The van der Waals surface area contributed by atoms with E-state index in [-0.39, 0.29) is 17.8 Å². The lowest BCUT2D eigenvalue weighted by Gasteiger charge is -2.00. The molecule has 3 heteroatoms. The van der Waals surface area contributed by atoms with Crippen molar-refractivity contribution in [1.82, 2.24) is 0 Å². The first-order valence-electron chi connectivity index (χ1n) is 3.53. The van der Waals surface area contributed by atoms with Crippen LogP contribution in [-0.2, 0) is 11.2 Å². The van der Waals surface area contributed by atoms with Crippen LogP contribution in [0.4, 0.5) is 8.78 Å². The molecule has 0 fully saturated rings. The van der Waals surface area contributed by atoms with Crippen LogP contribution in [0.1, 0.15) is 12.5 Å². The second-order valence-electron chi connectivity index (χ2n) is 2.58. The molecular formula is C9H8F2O. The highest BCUT2D eigenvalue weighted by molar-refractivity contribution is 5.78. The van der Waals surface area contributed by atoms with E-state index in [9.17, 15) is 13.6 Å². The Hall–Kier alpha value is -1.25. The van der Waals surface area contributed by atoms with Crippen molar-refractivity contribution in [2.24, 2.45) is 0 Å². The maximum atomic E-state index is 12.8. The maximum absolute atomic E-state index is 12.8. The molecule has 0 aromatic heterocycles. The highest BCUT2D eigenvalue weighted by Crippen LogP contribution is 2.12. The Kier molecular flexibility index (Phi) is 2.53. The van der Waals surface area contributed by atoms with Crippen LogP contribution in [0.2, 0.25) is 0 Å². The summed E-state index contributed by atoms with van der Waals surface area (Å²) in [7, 11) is 0. The molecule has 0 unspecified atom stereocenters. The van der Waals surface area contributed by atoms with Gasteiger partial charge in [0.1, 0.15) is 17.4 Å². The Morgan fingerprint density at radius 2 is 1.83 bits per heavy atom. The zero-order valence-electron chi connectivity index (χ0n) is 6.60. The van der Waals surface area contributed by atoms with E-state index in [0.29, 0.717) is 0 Å². The summed E-state index contributed by atoms with van der Waals surface area (Å²) in [5, 5.41) is 0. The van der Waals surface area contributed by atoms with E-state index in [1.807, 2.05) is 0 Å². The minimum Gasteiger partial charge on any atom is -0.300 e. The summed E-state index contributed by atoms with van der Waals surface area (Å²) >= 11 is 0. The standard InChI is InChI=1S/C9H8F2O/c1-6(12)5-7-8(10)3-2-4-9(7)11/h2-4H,5H2,1H3. The molecule has 0 radical (unpaired) electrons. The van der Waals surface area contributed by atoms with Crippen LogP contribution in [-0.4, -0.2) is 5.78 Å². The van der Waals surface area contributed by atoms with Gasteiger partial charge in [-0.3, -0.25) is 4.79 Å². The molecule has 0 spiro atoms. The summed E-state index contributed by atoms with van der Waals surface area (Å²) in [6.07, 6.45) is -0.182. The summed E-state index contributed by atoms with van der Waals surface area (Å²) < 4.78 is 25.6. The SMILES string of the molecule is CC(=O)Cc1c(F)cccc1F. The molecule has 0 saturated heterocycles. The fraction of sp³-hybridized carbons (Fsp3) is 0.222. The first-order chi connectivity index (χ1) is 5.61. The molecular weight excluding hydrogens is 162 g/mol. The van der Waals surface area contributed by atoms with Crippen LogP contribution in [0.3, 0.4) is 0 Å². The fourth-order valence-electron chi connectivity index (χ4n) is 0.950. The Labute approximate surface area is 69.0 Å². The number of halogens is 2. The van der Waals surface area contributed by atoms with E-state index in [1.54, 1.807) is 0 Å². The third-order valence-electron chi connectivity index (χ3n) is 1.49. The largest absolute Gasteiger partial charge is 0.300 e. The molecule has 0 aliphatic heterocycles. The molecule has 1 aromatic carbocycles. The quantitative estimate of drug-likeness (QED) is 0.664. The molecule has 0 saturated carbocycles. The van der Waals surface area contributed by atoms with Crippen LogP contribution in [0.25, 0.3) is 0 Å². The van der Waals surface area contributed by atoms with Gasteiger partial charge in [0.25, 0.3) is 0 Å². The van der Waals surface area contributed by atoms with Crippen molar-refractivity contribution in [3.8, 4) is 0 Å². The Bertz CT molecular complexity index is 287. The number of rotatable bonds is 2. The number of benzene rings is 1. The van der Waals surface area contributed by atoms with E-state index in [4.69, 9.17) is 0 Å². The fourth-order valence-corrected chi connectivity index (χ4v) is 0.950. The molecule has 12 heavy (non-hydrogen) atoms. The average Bonchev–Trinajstić information content (AvgIpc) is 1.97. The molecule has 0 amide bonds. The van der Waals surface area contributed by atoms with Crippen LogP contribution in [0.15, 0.2) is 18.2 Å². The van der Waals surface area contributed by atoms with Gasteiger partial charge in [-0.2, -0.15) is 0 Å². The second-order valence-corrected chi connectivity index (χ2v) is 2.58.